The minimum atomic E-state index is 0.478. The largest absolute Gasteiger partial charge is 0.357 e. The summed E-state index contributed by atoms with van der Waals surface area (Å²) < 4.78 is 1.98. The van der Waals surface area contributed by atoms with E-state index in [1.807, 2.05) is 34.9 Å². The van der Waals surface area contributed by atoms with Crippen LogP contribution in [0.25, 0.3) is 5.69 Å². The zero-order valence-corrected chi connectivity index (χ0v) is 17.1. The number of benzene rings is 1. The lowest BCUT2D eigenvalue weighted by Crippen LogP contribution is -2.45. The van der Waals surface area contributed by atoms with Crippen LogP contribution in [0.1, 0.15) is 45.4 Å². The molecule has 1 aromatic heterocycles. The van der Waals surface area contributed by atoms with Gasteiger partial charge in [-0.2, -0.15) is 0 Å². The predicted octanol–water partition coefficient (Wildman–Crippen LogP) is 2.59. The summed E-state index contributed by atoms with van der Waals surface area (Å²) in [6, 6.07) is 10.9. The number of rotatable bonds is 8. The van der Waals surface area contributed by atoms with Crippen LogP contribution in [0.5, 0.6) is 0 Å². The van der Waals surface area contributed by atoms with Crippen LogP contribution in [0.4, 0.5) is 0 Å². The molecule has 152 valence electrons. The summed E-state index contributed by atoms with van der Waals surface area (Å²) in [6.07, 6.45) is 7.00. The van der Waals surface area contributed by atoms with Crippen LogP contribution in [-0.2, 0) is 6.54 Å². The molecule has 28 heavy (non-hydrogen) atoms. The molecule has 0 aliphatic carbocycles. The third-order valence-corrected chi connectivity index (χ3v) is 5.29. The van der Waals surface area contributed by atoms with E-state index in [0.717, 1.165) is 43.1 Å². The molecule has 0 radical (unpaired) electrons. The summed E-state index contributed by atoms with van der Waals surface area (Å²) in [5.41, 5.74) is 1.05. The Morgan fingerprint density at radius 3 is 2.82 bits per heavy atom. The van der Waals surface area contributed by atoms with Gasteiger partial charge in [0, 0.05) is 31.4 Å². The van der Waals surface area contributed by atoms with Crippen LogP contribution in [0.15, 0.2) is 41.7 Å². The summed E-state index contributed by atoms with van der Waals surface area (Å²) >= 11 is 0. The summed E-state index contributed by atoms with van der Waals surface area (Å²) in [4.78, 5) is 7.33. The number of hydrogen-bond donors (Lipinski definition) is 2. The molecule has 2 N–H and O–H groups in total. The molecule has 1 fully saturated rings. The number of likely N-dealkylation sites (tertiary alicyclic amines) is 1. The van der Waals surface area contributed by atoms with Gasteiger partial charge >= 0.3 is 0 Å². The first kappa shape index (κ1) is 20.3. The number of para-hydroxylation sites is 1. The molecule has 2 heterocycles. The van der Waals surface area contributed by atoms with Crippen molar-refractivity contribution in [3.63, 3.8) is 0 Å². The van der Waals surface area contributed by atoms with Crippen LogP contribution >= 0.6 is 0 Å². The monoisotopic (exact) mass is 383 g/mol. The van der Waals surface area contributed by atoms with Gasteiger partial charge in [0.2, 0.25) is 0 Å². The van der Waals surface area contributed by atoms with E-state index in [9.17, 15) is 0 Å². The van der Waals surface area contributed by atoms with Crippen LogP contribution < -0.4 is 10.6 Å². The van der Waals surface area contributed by atoms with Gasteiger partial charge < -0.3 is 10.6 Å². The Bertz CT molecular complexity index is 725. The Hall–Kier alpha value is -2.41. The van der Waals surface area contributed by atoms with Gasteiger partial charge in [-0.3, -0.25) is 9.47 Å². The highest BCUT2D eigenvalue weighted by Crippen LogP contribution is 2.18. The smallest absolute Gasteiger partial charge is 0.191 e. The van der Waals surface area contributed by atoms with Crippen molar-refractivity contribution in [1.82, 2.24) is 30.3 Å². The number of nitrogens with zero attached hydrogens (tertiary/aromatic N) is 5. The van der Waals surface area contributed by atoms with E-state index < -0.39 is 0 Å². The van der Waals surface area contributed by atoms with Crippen molar-refractivity contribution in [2.24, 2.45) is 4.99 Å². The summed E-state index contributed by atoms with van der Waals surface area (Å²) in [7, 11) is 0. The van der Waals surface area contributed by atoms with Crippen LogP contribution in [0, 0.1) is 0 Å². The van der Waals surface area contributed by atoms with Gasteiger partial charge in [0.1, 0.15) is 12.9 Å². The molecule has 1 aliphatic rings. The number of nitrogens with one attached hydrogen (secondary N) is 2. The molecule has 1 saturated heterocycles. The lowest BCUT2D eigenvalue weighted by molar-refractivity contribution is 0.147. The Kier molecular flexibility index (Phi) is 7.84. The van der Waals surface area contributed by atoms with Crippen molar-refractivity contribution in [3.8, 4) is 5.69 Å². The second kappa shape index (κ2) is 10.8. The van der Waals surface area contributed by atoms with E-state index in [1.54, 1.807) is 6.33 Å². The maximum absolute atomic E-state index is 4.72. The lowest BCUT2D eigenvalue weighted by atomic mass is 10.0. The van der Waals surface area contributed by atoms with Gasteiger partial charge in [-0.25, -0.2) is 4.99 Å². The van der Waals surface area contributed by atoms with Gasteiger partial charge in [-0.1, -0.05) is 31.5 Å². The standard InChI is InChI=1S/C21H33N7/c1-3-18-10-8-9-14-27(18)15-13-23-21(22-4-2)24-16-20-26-25-17-28(20)19-11-6-5-7-12-19/h5-7,11-12,17-18H,3-4,8-10,13-16H2,1-2H3,(H2,22,23,24). The molecule has 0 bridgehead atoms. The quantitative estimate of drug-likeness (QED) is 0.542. The fourth-order valence-corrected chi connectivity index (χ4v) is 3.80. The fourth-order valence-electron chi connectivity index (χ4n) is 3.80. The Balaban J connectivity index is 1.57. The van der Waals surface area contributed by atoms with Gasteiger partial charge in [-0.15, -0.1) is 10.2 Å². The van der Waals surface area contributed by atoms with Crippen molar-refractivity contribution < 1.29 is 0 Å². The first-order valence-electron chi connectivity index (χ1n) is 10.5. The maximum atomic E-state index is 4.72. The predicted molar refractivity (Wildman–Crippen MR) is 114 cm³/mol. The number of hydrogen-bond acceptors (Lipinski definition) is 4. The van der Waals surface area contributed by atoms with E-state index >= 15 is 0 Å². The van der Waals surface area contributed by atoms with Gasteiger partial charge in [0.25, 0.3) is 0 Å². The van der Waals surface area contributed by atoms with Crippen molar-refractivity contribution in [2.45, 2.75) is 52.1 Å². The van der Waals surface area contributed by atoms with Crippen LogP contribution in [-0.4, -0.2) is 57.8 Å². The molecule has 0 spiro atoms. The van der Waals surface area contributed by atoms with Gasteiger partial charge in [0.05, 0.1) is 0 Å². The highest BCUT2D eigenvalue weighted by Gasteiger charge is 2.20. The van der Waals surface area contributed by atoms with Crippen molar-refractivity contribution in [3.05, 3.63) is 42.5 Å². The Morgan fingerprint density at radius 1 is 1.18 bits per heavy atom. The molecule has 2 aromatic rings. The summed E-state index contributed by atoms with van der Waals surface area (Å²) in [5, 5.41) is 15.1. The van der Waals surface area contributed by atoms with Gasteiger partial charge in [0.15, 0.2) is 11.8 Å². The van der Waals surface area contributed by atoms with E-state index in [4.69, 9.17) is 4.99 Å². The zero-order valence-electron chi connectivity index (χ0n) is 17.1. The number of piperidine rings is 1. The lowest BCUT2D eigenvalue weighted by Gasteiger charge is -2.35. The fraction of sp³-hybridized carbons (Fsp3) is 0.571. The minimum Gasteiger partial charge on any atom is -0.357 e. The molecular formula is C21H33N7. The molecule has 7 heteroatoms. The second-order valence-electron chi connectivity index (χ2n) is 7.17. The molecule has 0 saturated carbocycles. The highest BCUT2D eigenvalue weighted by molar-refractivity contribution is 5.79. The second-order valence-corrected chi connectivity index (χ2v) is 7.17. The molecule has 7 nitrogen and oxygen atoms in total. The Morgan fingerprint density at radius 2 is 2.04 bits per heavy atom. The van der Waals surface area contributed by atoms with E-state index in [-0.39, 0.29) is 0 Å². The third kappa shape index (κ3) is 5.55. The molecule has 1 atom stereocenters. The average Bonchev–Trinajstić information content (AvgIpc) is 3.21. The van der Waals surface area contributed by atoms with Gasteiger partial charge in [-0.05, 0) is 44.9 Å². The van der Waals surface area contributed by atoms with Crippen LogP contribution in [0.2, 0.25) is 0 Å². The first-order chi connectivity index (χ1) is 13.8. The molecule has 1 aliphatic heterocycles. The maximum Gasteiger partial charge on any atom is 0.191 e. The van der Waals surface area contributed by atoms with E-state index in [0.29, 0.717) is 6.54 Å². The topological polar surface area (TPSA) is 70.4 Å². The molecule has 0 amide bonds. The number of aromatic nitrogens is 3. The first-order valence-corrected chi connectivity index (χ1v) is 10.5. The SMILES string of the molecule is CCNC(=NCc1nncn1-c1ccccc1)NCCN1CCCCC1CC. The molecule has 1 aromatic carbocycles. The summed E-state index contributed by atoms with van der Waals surface area (Å²) in [5.74, 6) is 1.65. The zero-order chi connectivity index (χ0) is 19.6. The van der Waals surface area contributed by atoms with Crippen molar-refractivity contribution >= 4 is 5.96 Å². The van der Waals surface area contributed by atoms with Crippen molar-refractivity contribution in [1.29, 1.82) is 0 Å². The molecular weight excluding hydrogens is 350 g/mol. The molecule has 1 unspecified atom stereocenters. The normalized spacial score (nSPS) is 18.2. The molecule has 3 rings (SSSR count). The van der Waals surface area contributed by atoms with E-state index in [2.05, 4.69) is 39.6 Å². The van der Waals surface area contributed by atoms with Crippen LogP contribution in [0.3, 0.4) is 0 Å². The number of aliphatic imine (C=N–C) groups is 1. The highest BCUT2D eigenvalue weighted by atomic mass is 15.3. The minimum absolute atomic E-state index is 0.478. The Labute approximate surface area is 168 Å². The number of guanidine groups is 1. The average molecular weight is 384 g/mol. The van der Waals surface area contributed by atoms with Crippen molar-refractivity contribution in [2.75, 3.05) is 26.2 Å². The summed E-state index contributed by atoms with van der Waals surface area (Å²) in [6.45, 7) is 8.86. The third-order valence-electron chi connectivity index (χ3n) is 5.29. The van der Waals surface area contributed by atoms with E-state index in [1.165, 1.54) is 32.2 Å².